The Morgan fingerprint density at radius 2 is 1.83 bits per heavy atom. The number of hydrogen-bond acceptors (Lipinski definition) is 3. The summed E-state index contributed by atoms with van der Waals surface area (Å²) in [6.07, 6.45) is -1.27. The Kier molecular flexibility index (Phi) is 3.74. The van der Waals surface area contributed by atoms with Crippen LogP contribution in [0.15, 0.2) is 18.2 Å². The molecular weight excluding hydrogens is 323 g/mol. The molecule has 126 valence electrons. The number of anilines is 1. The van der Waals surface area contributed by atoms with Crippen LogP contribution < -0.4 is 10.2 Å². The fourth-order valence-electron chi connectivity index (χ4n) is 3.35. The number of carbonyl (C=O) groups is 2. The maximum Gasteiger partial charge on any atom is 0.417 e. The number of nitrogens with zero attached hydrogens (tertiary/aromatic N) is 2. The largest absolute Gasteiger partial charge is 0.417 e. The third-order valence-electron chi connectivity index (χ3n) is 4.56. The van der Waals surface area contributed by atoms with E-state index in [0.717, 1.165) is 30.2 Å². The van der Waals surface area contributed by atoms with Crippen molar-refractivity contribution < 1.29 is 22.8 Å². The second-order valence-corrected chi connectivity index (χ2v) is 6.05. The predicted molar refractivity (Wildman–Crippen MR) is 78.0 cm³/mol. The Morgan fingerprint density at radius 1 is 1.17 bits per heavy atom. The minimum absolute atomic E-state index is 0.175. The van der Waals surface area contributed by atoms with Gasteiger partial charge in [-0.3, -0.25) is 4.79 Å². The highest BCUT2D eigenvalue weighted by molar-refractivity contribution is 6.23. The van der Waals surface area contributed by atoms with E-state index in [4.69, 9.17) is 5.26 Å². The van der Waals surface area contributed by atoms with Gasteiger partial charge in [0.05, 0.1) is 22.9 Å². The Bertz CT molecular complexity index is 746. The van der Waals surface area contributed by atoms with Crippen LogP contribution in [0, 0.1) is 11.3 Å². The molecule has 1 spiro atoms. The molecule has 1 saturated carbocycles. The molecule has 1 aliphatic carbocycles. The molecule has 1 saturated heterocycles. The molecular formula is C16H14F3N3O2. The van der Waals surface area contributed by atoms with Crippen molar-refractivity contribution in [2.45, 2.75) is 43.8 Å². The average molecular weight is 337 g/mol. The van der Waals surface area contributed by atoms with Gasteiger partial charge in [0.25, 0.3) is 5.91 Å². The summed E-state index contributed by atoms with van der Waals surface area (Å²) in [5, 5.41) is 11.5. The van der Waals surface area contributed by atoms with Gasteiger partial charge in [0, 0.05) is 0 Å². The second-order valence-electron chi connectivity index (χ2n) is 6.05. The summed E-state index contributed by atoms with van der Waals surface area (Å²) in [5.41, 5.74) is -2.90. The average Bonchev–Trinajstić information content (AvgIpc) is 2.77. The van der Waals surface area contributed by atoms with E-state index in [1.54, 1.807) is 0 Å². The number of urea groups is 1. The van der Waals surface area contributed by atoms with Crippen molar-refractivity contribution in [1.29, 1.82) is 5.26 Å². The van der Waals surface area contributed by atoms with Crippen molar-refractivity contribution in [3.8, 4) is 6.07 Å². The Labute approximate surface area is 136 Å². The Hall–Kier alpha value is -2.56. The van der Waals surface area contributed by atoms with E-state index in [1.807, 2.05) is 0 Å². The summed E-state index contributed by atoms with van der Waals surface area (Å²) in [5.74, 6) is -0.523. The van der Waals surface area contributed by atoms with Gasteiger partial charge in [-0.05, 0) is 31.0 Å². The highest BCUT2D eigenvalue weighted by Crippen LogP contribution is 2.38. The number of rotatable bonds is 1. The van der Waals surface area contributed by atoms with Crippen LogP contribution in [-0.2, 0) is 11.0 Å². The lowest BCUT2D eigenvalue weighted by molar-refractivity contribution is -0.137. The van der Waals surface area contributed by atoms with E-state index in [2.05, 4.69) is 5.32 Å². The molecule has 0 unspecified atom stereocenters. The van der Waals surface area contributed by atoms with E-state index < -0.39 is 34.8 Å². The molecule has 0 bridgehead atoms. The number of alkyl halides is 3. The minimum Gasteiger partial charge on any atom is -0.323 e. The smallest absolute Gasteiger partial charge is 0.323 e. The SMILES string of the molecule is N#Cc1ccc(N2C(=O)NC3(CCCCC3)C2=O)cc1C(F)(F)F. The van der Waals surface area contributed by atoms with Gasteiger partial charge in [-0.1, -0.05) is 19.3 Å². The molecule has 0 atom stereocenters. The number of nitriles is 1. The third-order valence-corrected chi connectivity index (χ3v) is 4.56. The van der Waals surface area contributed by atoms with E-state index in [0.29, 0.717) is 18.9 Å². The zero-order valence-corrected chi connectivity index (χ0v) is 12.6. The highest BCUT2D eigenvalue weighted by Gasteiger charge is 2.52. The van der Waals surface area contributed by atoms with Crippen LogP contribution in [0.2, 0.25) is 0 Å². The first-order valence-corrected chi connectivity index (χ1v) is 7.56. The lowest BCUT2D eigenvalue weighted by Crippen LogP contribution is -2.48. The molecule has 1 aromatic rings. The molecule has 1 heterocycles. The standard InChI is InChI=1S/C16H14F3N3O2/c17-16(18,19)12-8-11(5-4-10(12)9-20)22-13(23)15(21-14(22)24)6-2-1-3-7-15/h4-5,8H,1-3,6-7H2,(H,21,24). The van der Waals surface area contributed by atoms with Crippen LogP contribution >= 0.6 is 0 Å². The molecule has 1 aromatic carbocycles. The fourth-order valence-corrected chi connectivity index (χ4v) is 3.35. The number of benzene rings is 1. The van der Waals surface area contributed by atoms with Gasteiger partial charge in [0.15, 0.2) is 0 Å². The zero-order chi connectivity index (χ0) is 17.5. The third kappa shape index (κ3) is 2.50. The molecule has 8 heteroatoms. The zero-order valence-electron chi connectivity index (χ0n) is 12.6. The predicted octanol–water partition coefficient (Wildman–Crippen LogP) is 3.34. The van der Waals surface area contributed by atoms with Gasteiger partial charge in [-0.15, -0.1) is 0 Å². The van der Waals surface area contributed by atoms with Crippen molar-refractivity contribution in [3.05, 3.63) is 29.3 Å². The first kappa shape index (κ1) is 16.3. The minimum atomic E-state index is -4.75. The van der Waals surface area contributed by atoms with E-state index >= 15 is 0 Å². The molecule has 24 heavy (non-hydrogen) atoms. The van der Waals surface area contributed by atoms with E-state index in [9.17, 15) is 22.8 Å². The van der Waals surface area contributed by atoms with Gasteiger partial charge >= 0.3 is 12.2 Å². The monoisotopic (exact) mass is 337 g/mol. The van der Waals surface area contributed by atoms with E-state index in [1.165, 1.54) is 12.1 Å². The summed E-state index contributed by atoms with van der Waals surface area (Å²) < 4.78 is 39.3. The molecule has 2 fully saturated rings. The van der Waals surface area contributed by atoms with Crippen LogP contribution in [0.25, 0.3) is 0 Å². The van der Waals surface area contributed by atoms with Gasteiger partial charge in [0.1, 0.15) is 5.54 Å². The van der Waals surface area contributed by atoms with Crippen molar-refractivity contribution in [1.82, 2.24) is 5.32 Å². The number of amides is 3. The van der Waals surface area contributed by atoms with Gasteiger partial charge in [-0.25, -0.2) is 9.69 Å². The van der Waals surface area contributed by atoms with Crippen LogP contribution in [-0.4, -0.2) is 17.5 Å². The summed E-state index contributed by atoms with van der Waals surface area (Å²) in [4.78, 5) is 25.7. The number of halogens is 3. The molecule has 2 aliphatic rings. The molecule has 0 aromatic heterocycles. The van der Waals surface area contributed by atoms with Crippen molar-refractivity contribution in [2.75, 3.05) is 4.90 Å². The topological polar surface area (TPSA) is 73.2 Å². The highest BCUT2D eigenvalue weighted by atomic mass is 19.4. The van der Waals surface area contributed by atoms with Crippen LogP contribution in [0.4, 0.5) is 23.7 Å². The number of carbonyl (C=O) groups excluding carboxylic acids is 2. The van der Waals surface area contributed by atoms with Crippen molar-refractivity contribution in [2.24, 2.45) is 0 Å². The summed E-state index contributed by atoms with van der Waals surface area (Å²) >= 11 is 0. The van der Waals surface area contributed by atoms with Crippen molar-refractivity contribution >= 4 is 17.6 Å². The maximum atomic E-state index is 13.1. The molecule has 5 nitrogen and oxygen atoms in total. The van der Waals surface area contributed by atoms with Crippen LogP contribution in [0.5, 0.6) is 0 Å². The molecule has 1 N–H and O–H groups in total. The molecule has 1 aliphatic heterocycles. The van der Waals surface area contributed by atoms with E-state index in [-0.39, 0.29) is 5.69 Å². The first-order valence-electron chi connectivity index (χ1n) is 7.56. The lowest BCUT2D eigenvalue weighted by atomic mass is 9.81. The lowest BCUT2D eigenvalue weighted by Gasteiger charge is -2.30. The second kappa shape index (κ2) is 5.51. The number of nitrogens with one attached hydrogen (secondary N) is 1. The van der Waals surface area contributed by atoms with Gasteiger partial charge < -0.3 is 5.32 Å². The van der Waals surface area contributed by atoms with Crippen LogP contribution in [0.1, 0.15) is 43.2 Å². The first-order chi connectivity index (χ1) is 11.3. The van der Waals surface area contributed by atoms with Crippen molar-refractivity contribution in [3.63, 3.8) is 0 Å². The molecule has 3 rings (SSSR count). The molecule has 0 radical (unpaired) electrons. The summed E-state index contributed by atoms with van der Waals surface area (Å²) in [6.45, 7) is 0. The maximum absolute atomic E-state index is 13.1. The van der Waals surface area contributed by atoms with Gasteiger partial charge in [0.2, 0.25) is 0 Å². The summed E-state index contributed by atoms with van der Waals surface area (Å²) in [7, 11) is 0. The quantitative estimate of drug-likeness (QED) is 0.799. The number of hydrogen-bond donors (Lipinski definition) is 1. The Morgan fingerprint density at radius 3 is 2.42 bits per heavy atom. The number of imide groups is 1. The van der Waals surface area contributed by atoms with Crippen LogP contribution in [0.3, 0.4) is 0 Å². The summed E-state index contributed by atoms with van der Waals surface area (Å²) in [6, 6.07) is 3.60. The Balaban J connectivity index is 2.02. The molecule has 3 amide bonds. The normalized spacial score (nSPS) is 20.2. The fraction of sp³-hybridized carbons (Fsp3) is 0.438. The van der Waals surface area contributed by atoms with Gasteiger partial charge in [-0.2, -0.15) is 18.4 Å².